The van der Waals surface area contributed by atoms with E-state index in [1.165, 1.54) is 17.1 Å². The van der Waals surface area contributed by atoms with Crippen LogP contribution >= 0.6 is 19.9 Å². The Labute approximate surface area is 499 Å². The second-order valence-electron chi connectivity index (χ2n) is 22.6. The molecule has 4 aromatic rings. The number of nitrogens with zero attached hydrogens (tertiary/aromatic N) is 4. The lowest BCUT2D eigenvalue weighted by Crippen LogP contribution is -2.58. The smallest absolute Gasteiger partial charge is 0.493 e. The van der Waals surface area contributed by atoms with Crippen LogP contribution in [-0.4, -0.2) is 131 Å². The largest absolute Gasteiger partial charge is 0.747 e. The van der Waals surface area contributed by atoms with Gasteiger partial charge in [0.05, 0.1) is 35.6 Å². The zero-order valence-corrected chi connectivity index (χ0v) is 49.4. The number of amides is 7. The van der Waals surface area contributed by atoms with E-state index in [4.69, 9.17) is 31.3 Å². The number of aliphatic hydroxyl groups excluding tert-OH is 1. The van der Waals surface area contributed by atoms with Gasteiger partial charge in [0.25, 0.3) is 17.7 Å². The van der Waals surface area contributed by atoms with Crippen molar-refractivity contribution in [3.05, 3.63) is 107 Å². The maximum atomic E-state index is 14.2. The van der Waals surface area contributed by atoms with Crippen LogP contribution in [0.3, 0.4) is 0 Å². The minimum Gasteiger partial charge on any atom is -0.493 e. The molecule has 23 heteroatoms. The van der Waals surface area contributed by atoms with Crippen LogP contribution in [-0.2, 0) is 51.1 Å². The van der Waals surface area contributed by atoms with Gasteiger partial charge in [-0.2, -0.15) is 0 Å². The molecule has 0 aromatic heterocycles. The summed E-state index contributed by atoms with van der Waals surface area (Å²) in [6.45, 7) is 3.63. The molecule has 9 rings (SSSR count). The normalized spacial score (nSPS) is 19.0. The van der Waals surface area contributed by atoms with E-state index < -0.39 is 49.9 Å². The number of nitrogens with two attached hydrogens (primary N) is 1. The van der Waals surface area contributed by atoms with Crippen molar-refractivity contribution in [3.8, 4) is 11.5 Å². The molecule has 6 N–H and O–H groups in total. The number of aryl methyl sites for hydroxylation is 1. The van der Waals surface area contributed by atoms with Gasteiger partial charge in [0.2, 0.25) is 17.7 Å². The summed E-state index contributed by atoms with van der Waals surface area (Å²) in [7, 11) is -2.95. The van der Waals surface area contributed by atoms with Gasteiger partial charge in [0.1, 0.15) is 17.8 Å². The lowest BCUT2D eigenvalue weighted by atomic mass is 9.67. The van der Waals surface area contributed by atoms with Crippen LogP contribution in [0, 0.1) is 12.3 Å². The molecule has 452 valence electrons. The molecular formula is C62H74ClN7O14P+. The number of benzene rings is 4. The topological polar surface area (TPSA) is 285 Å². The lowest BCUT2D eigenvalue weighted by Gasteiger charge is -2.39. The number of unbranched alkanes of at least 4 members (excludes halogenated alkanes) is 5. The van der Waals surface area contributed by atoms with Crippen molar-refractivity contribution in [2.75, 3.05) is 55.0 Å². The molecule has 4 aromatic carbocycles. The highest BCUT2D eigenvalue weighted by atomic mass is 35.5. The van der Waals surface area contributed by atoms with Crippen molar-refractivity contribution in [1.82, 2.24) is 20.4 Å². The first-order chi connectivity index (χ1) is 41.0. The number of hydrogen-bond donors (Lipinski definition) is 5. The second kappa shape index (κ2) is 28.3. The number of rotatable bonds is 28. The number of Topliss-reactive ketones (excluding diaryl/α,β-unsaturated/α-hetero) is 1. The third-order valence-corrected chi connectivity index (χ3v) is 17.7. The van der Waals surface area contributed by atoms with Crippen LogP contribution in [0.5, 0.6) is 11.5 Å². The Morgan fingerprint density at radius 2 is 1.56 bits per heavy atom. The summed E-state index contributed by atoms with van der Waals surface area (Å²) < 4.78 is 29.1. The molecule has 4 heterocycles. The summed E-state index contributed by atoms with van der Waals surface area (Å²) in [6.07, 6.45) is 7.99. The number of anilines is 2. The van der Waals surface area contributed by atoms with Crippen molar-refractivity contribution in [3.63, 3.8) is 0 Å². The van der Waals surface area contributed by atoms with Crippen LogP contribution in [0.4, 0.5) is 16.2 Å². The monoisotopic (exact) mass is 1210 g/mol. The molecular weight excluding hydrogens is 1130 g/mol. The number of halogens is 1. The van der Waals surface area contributed by atoms with Crippen LogP contribution in [0.15, 0.2) is 78.9 Å². The number of hydrogen-bond acceptors (Lipinski definition) is 14. The summed E-state index contributed by atoms with van der Waals surface area (Å²) in [6, 6.07) is 17.6. The Morgan fingerprint density at radius 1 is 0.847 bits per heavy atom. The summed E-state index contributed by atoms with van der Waals surface area (Å²) in [4.78, 5) is 122. The van der Waals surface area contributed by atoms with Crippen LogP contribution < -0.4 is 35.4 Å². The Morgan fingerprint density at radius 3 is 2.27 bits per heavy atom. The first-order valence-corrected chi connectivity index (χ1v) is 31.1. The van der Waals surface area contributed by atoms with Gasteiger partial charge in [-0.1, -0.05) is 55.0 Å². The highest BCUT2D eigenvalue weighted by Crippen LogP contribution is 2.47. The van der Waals surface area contributed by atoms with Crippen LogP contribution in [0.25, 0.3) is 10.8 Å². The first kappa shape index (κ1) is 62.2. The molecule has 5 atom stereocenters. The van der Waals surface area contributed by atoms with Crippen molar-refractivity contribution in [2.45, 2.75) is 140 Å². The molecule has 1 saturated heterocycles. The standard InChI is InChI=1S/C62H73ClN7O14P/c1-39-32-45-48(34-51(39)82-31-11-2-4-18-53(72)69-37-42(36-63)56-44-15-6-5-14-43(44)52(35-49(56)69)84-85(80)81)70(58(76)47-17-12-30-67(47)57(45)75)61(79)83-38-41-21-19-40(20-22-41)33-50(71)46(16-7-8-27-64)66-60(78)62(25-13-26-62)59(77)65-28-9-3-10-29-68-54(73)23-24-55(68)74/h5-6,14-15,19-24,32,34-35,42,46-47,58,76H,2-4,7-13,16-18,25-31,33,36-38,64H2,1H3,(H2-,65,66,77,78,80,81)/p+1/t42-,46+,47+,58?/m1/s1. The minimum absolute atomic E-state index is 0.0252. The van der Waals surface area contributed by atoms with Gasteiger partial charge in [-0.25, -0.2) is 14.2 Å². The number of alkyl halides is 1. The van der Waals surface area contributed by atoms with Gasteiger partial charge in [0.15, 0.2) is 17.8 Å². The van der Waals surface area contributed by atoms with Crippen LogP contribution in [0.2, 0.25) is 0 Å². The summed E-state index contributed by atoms with van der Waals surface area (Å²) in [5.41, 5.74) is 8.22. The van der Waals surface area contributed by atoms with Gasteiger partial charge in [0, 0.05) is 85.1 Å². The van der Waals surface area contributed by atoms with E-state index in [0.29, 0.717) is 156 Å². The minimum atomic E-state index is -2.95. The fourth-order valence-electron chi connectivity index (χ4n) is 12.1. The Hall–Kier alpha value is -7.29. The van der Waals surface area contributed by atoms with Gasteiger partial charge < -0.3 is 40.7 Å². The van der Waals surface area contributed by atoms with Gasteiger partial charge >= 0.3 is 14.3 Å². The van der Waals surface area contributed by atoms with E-state index in [0.717, 1.165) is 15.8 Å². The number of carbonyl (C=O) groups is 8. The number of fused-ring (bicyclic) bond motifs is 5. The van der Waals surface area contributed by atoms with Crippen molar-refractivity contribution in [1.29, 1.82) is 0 Å². The predicted molar refractivity (Wildman–Crippen MR) is 317 cm³/mol. The quantitative estimate of drug-likeness (QED) is 0.0120. The Bertz CT molecular complexity index is 3230. The van der Waals surface area contributed by atoms with Crippen molar-refractivity contribution < 1.29 is 66.9 Å². The SMILES string of the molecule is Cc1cc2c(cc1OCCCCCC(=O)N1C[C@@H](CCl)c3c1cc(O[P+](=O)O)c1ccccc31)N(C(=O)OCc1ccc(CC(=O)[C@H](CCCCN)NC(=O)C3(C(=O)NCCCCCN4C(=O)C=CC4=O)CCC3)cc1)C(O)[C@@H]1CCCN1C2=O. The zero-order valence-electron chi connectivity index (χ0n) is 47.8. The number of carbonyl (C=O) groups excluding carboxylic acids is 8. The van der Waals surface area contributed by atoms with E-state index in [-0.39, 0.29) is 84.3 Å². The molecule has 21 nitrogen and oxygen atoms in total. The van der Waals surface area contributed by atoms with E-state index in [1.54, 1.807) is 65.3 Å². The summed E-state index contributed by atoms with van der Waals surface area (Å²) in [5.74, 6) is -1.50. The molecule has 1 aliphatic carbocycles. The third kappa shape index (κ3) is 14.0. The average Bonchev–Trinajstić information content (AvgIpc) is 2.05. The van der Waals surface area contributed by atoms with E-state index in [1.807, 2.05) is 18.2 Å². The van der Waals surface area contributed by atoms with E-state index >= 15 is 0 Å². The number of imide groups is 1. The second-order valence-corrected chi connectivity index (χ2v) is 23.5. The molecule has 85 heavy (non-hydrogen) atoms. The Balaban J connectivity index is 0.781. The molecule has 4 aliphatic heterocycles. The maximum absolute atomic E-state index is 14.2. The fraction of sp³-hybridized carbons (Fsp3) is 0.484. The molecule has 2 unspecified atom stereocenters. The van der Waals surface area contributed by atoms with Gasteiger partial charge in [-0.05, 0) is 131 Å². The molecule has 2 fully saturated rings. The van der Waals surface area contributed by atoms with Crippen molar-refractivity contribution in [2.24, 2.45) is 11.1 Å². The highest BCUT2D eigenvalue weighted by molar-refractivity contribution is 7.32. The molecule has 1 saturated carbocycles. The molecule has 0 bridgehead atoms. The van der Waals surface area contributed by atoms with Crippen LogP contribution in [0.1, 0.15) is 135 Å². The summed E-state index contributed by atoms with van der Waals surface area (Å²) in [5, 5.41) is 19.2. The number of nitrogens with one attached hydrogen (secondary N) is 2. The maximum Gasteiger partial charge on any atom is 0.747 e. The van der Waals surface area contributed by atoms with E-state index in [9.17, 15) is 52.9 Å². The number of ether oxygens (including phenoxy) is 2. The Kier molecular flexibility index (Phi) is 20.7. The first-order valence-electron chi connectivity index (χ1n) is 29.5. The number of ketones is 1. The molecule has 0 spiro atoms. The molecule has 5 aliphatic rings. The van der Waals surface area contributed by atoms with Gasteiger partial charge in [-0.15, -0.1) is 16.5 Å². The van der Waals surface area contributed by atoms with Crippen molar-refractivity contribution >= 4 is 89.3 Å². The molecule has 0 radical (unpaired) electrons. The fourth-order valence-corrected chi connectivity index (χ4v) is 12.7. The molecule has 7 amide bonds. The third-order valence-electron chi connectivity index (χ3n) is 17.0. The van der Waals surface area contributed by atoms with Gasteiger partial charge in [-0.3, -0.25) is 38.5 Å². The predicted octanol–water partition coefficient (Wildman–Crippen LogP) is 7.67. The van der Waals surface area contributed by atoms with E-state index in [2.05, 4.69) is 10.6 Å². The lowest BCUT2D eigenvalue weighted by molar-refractivity contribution is -0.151. The summed E-state index contributed by atoms with van der Waals surface area (Å²) >= 11 is 6.42. The number of aliphatic hydroxyl groups is 1. The highest BCUT2D eigenvalue weighted by Gasteiger charge is 2.51. The average molecular weight is 1210 g/mol. The zero-order chi connectivity index (χ0) is 60.4.